The molecule has 0 aliphatic heterocycles. The number of carboxylic acid groups (broad SMARTS) is 2. The fourth-order valence-corrected chi connectivity index (χ4v) is 0. The molecule has 0 aliphatic rings. The standard InChI is InChI=1S/CH2O3.ClH.2Fe/c2-1(3)4;;;/h(H2,2,3,4);1H;;. The summed E-state index contributed by atoms with van der Waals surface area (Å²) < 4.78 is 0. The minimum Gasteiger partial charge on any atom is -0.450 e. The van der Waals surface area contributed by atoms with Crippen LogP contribution in [0.15, 0.2) is 0 Å². The zero-order chi connectivity index (χ0) is 3.58. The first-order valence-corrected chi connectivity index (χ1v) is 0.651. The number of hydrogen-bond acceptors (Lipinski definition) is 1. The van der Waals surface area contributed by atoms with Crippen molar-refractivity contribution in [1.82, 2.24) is 0 Å². The molecule has 0 saturated carbocycles. The average molecular weight is 210 g/mol. The second-order valence-corrected chi connectivity index (χ2v) is 0.283. The van der Waals surface area contributed by atoms with Gasteiger partial charge in [-0.1, -0.05) is 0 Å². The fraction of sp³-hybridized carbons (Fsp3) is 0. The molecule has 0 aromatic carbocycles. The van der Waals surface area contributed by atoms with Crippen molar-refractivity contribution in [3.8, 4) is 0 Å². The van der Waals surface area contributed by atoms with Gasteiger partial charge < -0.3 is 10.2 Å². The molecule has 2 N–H and O–H groups in total. The van der Waals surface area contributed by atoms with E-state index in [-0.39, 0.29) is 46.5 Å². The first-order valence-electron chi connectivity index (χ1n) is 0.651. The molecule has 3 nitrogen and oxygen atoms in total. The van der Waals surface area contributed by atoms with E-state index in [0.29, 0.717) is 0 Å². The van der Waals surface area contributed by atoms with Gasteiger partial charge >= 0.3 is 6.16 Å². The molecule has 0 amide bonds. The predicted molar refractivity (Wildman–Crippen MR) is 17.9 cm³/mol. The van der Waals surface area contributed by atoms with Gasteiger partial charge in [0.15, 0.2) is 0 Å². The van der Waals surface area contributed by atoms with Gasteiger partial charge in [-0.15, -0.1) is 12.4 Å². The monoisotopic (exact) mass is 210 g/mol. The summed E-state index contributed by atoms with van der Waals surface area (Å²) in [5.74, 6) is 0. The summed E-state index contributed by atoms with van der Waals surface area (Å²) in [5.41, 5.74) is 0. The van der Waals surface area contributed by atoms with Crippen LogP contribution in [0.1, 0.15) is 0 Å². The van der Waals surface area contributed by atoms with E-state index in [9.17, 15) is 0 Å². The second-order valence-electron chi connectivity index (χ2n) is 0.283. The van der Waals surface area contributed by atoms with Gasteiger partial charge in [-0.2, -0.15) is 0 Å². The number of hydrogen-bond donors (Lipinski definition) is 2. The van der Waals surface area contributed by atoms with Crippen LogP contribution in [0.5, 0.6) is 0 Å². The maximum Gasteiger partial charge on any atom is 0.503 e. The van der Waals surface area contributed by atoms with Crippen LogP contribution in [0.3, 0.4) is 0 Å². The van der Waals surface area contributed by atoms with Crippen LogP contribution in [0.2, 0.25) is 0 Å². The third kappa shape index (κ3) is 389. The minimum absolute atomic E-state index is 0. The number of carbonyl (C=O) groups is 1. The summed E-state index contributed by atoms with van der Waals surface area (Å²) in [6.45, 7) is 0. The molecule has 0 aliphatic carbocycles. The second kappa shape index (κ2) is 16.0. The SMILES string of the molecule is Cl.O=C(O)O.[Fe].[Fe]. The van der Waals surface area contributed by atoms with Gasteiger partial charge in [0.25, 0.3) is 0 Å². The van der Waals surface area contributed by atoms with Gasteiger partial charge in [0, 0.05) is 34.1 Å². The quantitative estimate of drug-likeness (QED) is 0.577. The van der Waals surface area contributed by atoms with Crippen LogP contribution in [0.25, 0.3) is 0 Å². The molecular weight excluding hydrogens is 207 g/mol. The normalized spacial score (nSPS) is 3.43. The van der Waals surface area contributed by atoms with E-state index in [1.165, 1.54) is 0 Å². The number of halogens is 1. The largest absolute Gasteiger partial charge is 0.503 e. The van der Waals surface area contributed by atoms with Crippen molar-refractivity contribution in [3.63, 3.8) is 0 Å². The molecule has 0 radical (unpaired) electrons. The maximum atomic E-state index is 8.56. The first kappa shape index (κ1) is 25.5. The molecule has 0 unspecified atom stereocenters. The Morgan fingerprint density at radius 3 is 1.14 bits per heavy atom. The van der Waals surface area contributed by atoms with Gasteiger partial charge in [0.1, 0.15) is 0 Å². The summed E-state index contributed by atoms with van der Waals surface area (Å²) in [7, 11) is 0. The summed E-state index contributed by atoms with van der Waals surface area (Å²) in [4.78, 5) is 8.56. The van der Waals surface area contributed by atoms with Gasteiger partial charge in [-0.05, 0) is 0 Å². The minimum atomic E-state index is -1.83. The molecule has 6 heteroatoms. The Morgan fingerprint density at radius 1 is 1.14 bits per heavy atom. The van der Waals surface area contributed by atoms with Crippen molar-refractivity contribution < 1.29 is 49.1 Å². The summed E-state index contributed by atoms with van der Waals surface area (Å²) >= 11 is 0. The molecular formula is CH3ClFe2O3. The van der Waals surface area contributed by atoms with E-state index < -0.39 is 6.16 Å². The van der Waals surface area contributed by atoms with E-state index in [2.05, 4.69) is 0 Å². The molecule has 48 valence electrons. The molecule has 0 saturated heterocycles. The molecule has 0 fully saturated rings. The topological polar surface area (TPSA) is 57.5 Å². The Bertz CT molecular complexity index is 35.9. The van der Waals surface area contributed by atoms with Gasteiger partial charge in [0.05, 0.1) is 0 Å². The Hall–Kier alpha value is 0.599. The van der Waals surface area contributed by atoms with E-state index >= 15 is 0 Å². The van der Waals surface area contributed by atoms with E-state index in [1.54, 1.807) is 0 Å². The zero-order valence-electron chi connectivity index (χ0n) is 2.92. The molecule has 0 spiro atoms. The first-order chi connectivity index (χ1) is 1.73. The van der Waals surface area contributed by atoms with Crippen LogP contribution in [0.4, 0.5) is 4.79 Å². The van der Waals surface area contributed by atoms with Crippen molar-refractivity contribution in [2.24, 2.45) is 0 Å². The molecule has 0 atom stereocenters. The van der Waals surface area contributed by atoms with E-state index in [1.807, 2.05) is 0 Å². The van der Waals surface area contributed by atoms with Crippen molar-refractivity contribution in [2.75, 3.05) is 0 Å². The van der Waals surface area contributed by atoms with Gasteiger partial charge in [-0.3, -0.25) is 0 Å². The van der Waals surface area contributed by atoms with E-state index in [0.717, 1.165) is 0 Å². The molecule has 0 aromatic heterocycles. The number of rotatable bonds is 0. The fourth-order valence-electron chi connectivity index (χ4n) is 0. The Kier molecular flexibility index (Phi) is 58.3. The van der Waals surface area contributed by atoms with Crippen LogP contribution in [-0.2, 0) is 34.1 Å². The van der Waals surface area contributed by atoms with Gasteiger partial charge in [-0.25, -0.2) is 4.79 Å². The van der Waals surface area contributed by atoms with E-state index in [4.69, 9.17) is 15.0 Å². The zero-order valence-corrected chi connectivity index (χ0v) is 5.94. The summed E-state index contributed by atoms with van der Waals surface area (Å²) in [6, 6.07) is 0. The average Bonchev–Trinajstić information content (AvgIpc) is 0.811. The molecule has 0 rings (SSSR count). The van der Waals surface area contributed by atoms with Crippen LogP contribution >= 0.6 is 12.4 Å². The summed E-state index contributed by atoms with van der Waals surface area (Å²) in [5, 5.41) is 13.9. The van der Waals surface area contributed by atoms with Crippen molar-refractivity contribution >= 4 is 18.6 Å². The van der Waals surface area contributed by atoms with Gasteiger partial charge in [0.2, 0.25) is 0 Å². The molecule has 0 bridgehead atoms. The smallest absolute Gasteiger partial charge is 0.450 e. The van der Waals surface area contributed by atoms with Crippen molar-refractivity contribution in [1.29, 1.82) is 0 Å². The third-order valence-electron chi connectivity index (χ3n) is 0. The Labute approximate surface area is 67.8 Å². The summed E-state index contributed by atoms with van der Waals surface area (Å²) in [6.07, 6.45) is -1.83. The Balaban J connectivity index is -0.0000000150. The van der Waals surface area contributed by atoms with Crippen LogP contribution in [0, 0.1) is 0 Å². The van der Waals surface area contributed by atoms with Crippen molar-refractivity contribution in [3.05, 3.63) is 0 Å². The molecule has 7 heavy (non-hydrogen) atoms. The third-order valence-corrected chi connectivity index (χ3v) is 0. The maximum absolute atomic E-state index is 8.56. The van der Waals surface area contributed by atoms with Crippen LogP contribution < -0.4 is 0 Å². The Morgan fingerprint density at radius 2 is 1.14 bits per heavy atom. The predicted octanol–water partition coefficient (Wildman–Crippen LogP) is 0.639. The van der Waals surface area contributed by atoms with Crippen LogP contribution in [-0.4, -0.2) is 16.4 Å². The molecule has 0 heterocycles. The molecule has 0 aromatic rings. The van der Waals surface area contributed by atoms with Crippen molar-refractivity contribution in [2.45, 2.75) is 0 Å².